The summed E-state index contributed by atoms with van der Waals surface area (Å²) in [5, 5.41) is 3.55. The summed E-state index contributed by atoms with van der Waals surface area (Å²) in [5.41, 5.74) is 3.25. The molecular formula is C22H21FN2O3. The van der Waals surface area contributed by atoms with Crippen molar-refractivity contribution in [2.45, 2.75) is 33.4 Å². The summed E-state index contributed by atoms with van der Waals surface area (Å²) in [5.74, 6) is -1.36. The van der Waals surface area contributed by atoms with E-state index < -0.39 is 18.0 Å². The zero-order valence-electron chi connectivity index (χ0n) is 16.0. The lowest BCUT2D eigenvalue weighted by Crippen LogP contribution is -2.35. The second kappa shape index (κ2) is 8.17. The Bertz CT molecular complexity index is 1030. The standard InChI is InChI=1S/C22H21FN2O3/c1-13-18-6-4-5-7-19(18)25-14(2)20(13)22(27)28-15(3)21(26)24-12-16-8-10-17(23)11-9-16/h4-11,15H,12H2,1-3H3,(H,24,26). The topological polar surface area (TPSA) is 68.3 Å². The van der Waals surface area contributed by atoms with Gasteiger partial charge in [0.25, 0.3) is 5.91 Å². The highest BCUT2D eigenvalue weighted by Crippen LogP contribution is 2.23. The van der Waals surface area contributed by atoms with E-state index in [0.717, 1.165) is 22.0 Å². The minimum atomic E-state index is -0.974. The van der Waals surface area contributed by atoms with Crippen molar-refractivity contribution in [2.75, 3.05) is 0 Å². The second-order valence-electron chi connectivity index (χ2n) is 6.61. The molecule has 5 nitrogen and oxygen atoms in total. The average molecular weight is 380 g/mol. The fraction of sp³-hybridized carbons (Fsp3) is 0.227. The molecule has 1 N–H and O–H groups in total. The zero-order chi connectivity index (χ0) is 20.3. The first-order valence-corrected chi connectivity index (χ1v) is 8.96. The predicted octanol–water partition coefficient (Wildman–Crippen LogP) is 3.85. The number of amides is 1. The third kappa shape index (κ3) is 4.17. The summed E-state index contributed by atoms with van der Waals surface area (Å²) in [7, 11) is 0. The van der Waals surface area contributed by atoms with E-state index in [0.29, 0.717) is 11.3 Å². The number of rotatable bonds is 5. The lowest BCUT2D eigenvalue weighted by Gasteiger charge is -2.16. The van der Waals surface area contributed by atoms with Crippen LogP contribution in [0.4, 0.5) is 4.39 Å². The van der Waals surface area contributed by atoms with Gasteiger partial charge in [0.05, 0.1) is 16.8 Å². The normalized spacial score (nSPS) is 11.9. The van der Waals surface area contributed by atoms with Crippen LogP contribution in [0.5, 0.6) is 0 Å². The highest BCUT2D eigenvalue weighted by molar-refractivity contribution is 5.99. The molecule has 6 heteroatoms. The number of fused-ring (bicyclic) bond motifs is 1. The fourth-order valence-electron chi connectivity index (χ4n) is 3.04. The van der Waals surface area contributed by atoms with E-state index >= 15 is 0 Å². The number of benzene rings is 2. The molecule has 1 unspecified atom stereocenters. The van der Waals surface area contributed by atoms with Gasteiger partial charge in [0.2, 0.25) is 0 Å². The smallest absolute Gasteiger partial charge is 0.341 e. The van der Waals surface area contributed by atoms with Crippen molar-refractivity contribution in [3.05, 3.63) is 76.7 Å². The van der Waals surface area contributed by atoms with Crippen molar-refractivity contribution >= 4 is 22.8 Å². The number of aromatic nitrogens is 1. The van der Waals surface area contributed by atoms with Gasteiger partial charge in [-0.3, -0.25) is 9.78 Å². The second-order valence-corrected chi connectivity index (χ2v) is 6.61. The molecule has 0 fully saturated rings. The van der Waals surface area contributed by atoms with Gasteiger partial charge in [-0.1, -0.05) is 30.3 Å². The largest absolute Gasteiger partial charge is 0.449 e. The van der Waals surface area contributed by atoms with Crippen molar-refractivity contribution in [3.63, 3.8) is 0 Å². The number of carbonyl (C=O) groups is 2. The molecule has 1 atom stereocenters. The molecule has 0 spiro atoms. The summed E-state index contributed by atoms with van der Waals surface area (Å²) in [6.45, 7) is 5.32. The van der Waals surface area contributed by atoms with Gasteiger partial charge in [-0.2, -0.15) is 0 Å². The van der Waals surface area contributed by atoms with Gasteiger partial charge >= 0.3 is 5.97 Å². The Morgan fingerprint density at radius 2 is 1.79 bits per heavy atom. The number of hydrogen-bond donors (Lipinski definition) is 1. The Hall–Kier alpha value is -3.28. The monoisotopic (exact) mass is 380 g/mol. The van der Waals surface area contributed by atoms with E-state index in [1.807, 2.05) is 31.2 Å². The summed E-state index contributed by atoms with van der Waals surface area (Å²) < 4.78 is 18.3. The molecule has 1 amide bonds. The van der Waals surface area contributed by atoms with E-state index in [-0.39, 0.29) is 12.4 Å². The van der Waals surface area contributed by atoms with Crippen LogP contribution in [0.15, 0.2) is 48.5 Å². The summed E-state index contributed by atoms with van der Waals surface area (Å²) in [6.07, 6.45) is -0.974. The third-order valence-electron chi connectivity index (χ3n) is 4.57. The molecule has 1 aromatic heterocycles. The van der Waals surface area contributed by atoms with Gasteiger partial charge in [-0.05, 0) is 50.1 Å². The maximum atomic E-state index is 12.9. The van der Waals surface area contributed by atoms with Crippen molar-refractivity contribution in [3.8, 4) is 0 Å². The number of nitrogens with one attached hydrogen (secondary N) is 1. The summed E-state index contributed by atoms with van der Waals surface area (Å²) in [4.78, 5) is 29.4. The minimum Gasteiger partial charge on any atom is -0.449 e. The van der Waals surface area contributed by atoms with E-state index in [4.69, 9.17) is 4.74 Å². The Labute approximate surface area is 162 Å². The predicted molar refractivity (Wildman–Crippen MR) is 104 cm³/mol. The lowest BCUT2D eigenvalue weighted by atomic mass is 10.0. The van der Waals surface area contributed by atoms with Gasteiger partial charge in [0.15, 0.2) is 6.10 Å². The molecular weight excluding hydrogens is 359 g/mol. The molecule has 0 bridgehead atoms. The first-order chi connectivity index (χ1) is 13.4. The Kier molecular flexibility index (Phi) is 5.68. The van der Waals surface area contributed by atoms with Crippen LogP contribution in [0.25, 0.3) is 10.9 Å². The summed E-state index contributed by atoms with van der Waals surface area (Å²) in [6, 6.07) is 13.4. The van der Waals surface area contributed by atoms with Crippen LogP contribution in [-0.4, -0.2) is 23.0 Å². The molecule has 0 saturated heterocycles. The Morgan fingerprint density at radius 1 is 1.11 bits per heavy atom. The quantitative estimate of drug-likeness (QED) is 0.683. The molecule has 0 saturated carbocycles. The van der Waals surface area contributed by atoms with Crippen LogP contribution >= 0.6 is 0 Å². The molecule has 3 aromatic rings. The molecule has 0 aliphatic carbocycles. The van der Waals surface area contributed by atoms with Crippen LogP contribution in [0.3, 0.4) is 0 Å². The van der Waals surface area contributed by atoms with E-state index in [1.54, 1.807) is 19.1 Å². The minimum absolute atomic E-state index is 0.219. The maximum absolute atomic E-state index is 12.9. The van der Waals surface area contributed by atoms with Crippen LogP contribution in [-0.2, 0) is 16.1 Å². The number of pyridine rings is 1. The number of ether oxygens (including phenoxy) is 1. The first-order valence-electron chi connectivity index (χ1n) is 8.96. The lowest BCUT2D eigenvalue weighted by molar-refractivity contribution is -0.129. The number of halogens is 1. The third-order valence-corrected chi connectivity index (χ3v) is 4.57. The number of carbonyl (C=O) groups excluding carboxylic acids is 2. The molecule has 0 aliphatic heterocycles. The van der Waals surface area contributed by atoms with Crippen molar-refractivity contribution < 1.29 is 18.7 Å². The molecule has 28 heavy (non-hydrogen) atoms. The van der Waals surface area contributed by atoms with Gasteiger partial charge in [-0.25, -0.2) is 9.18 Å². The highest BCUT2D eigenvalue weighted by atomic mass is 19.1. The average Bonchev–Trinajstić information content (AvgIpc) is 2.67. The van der Waals surface area contributed by atoms with Crippen LogP contribution in [0.2, 0.25) is 0 Å². The number of aryl methyl sites for hydroxylation is 2. The van der Waals surface area contributed by atoms with Gasteiger partial charge < -0.3 is 10.1 Å². The van der Waals surface area contributed by atoms with E-state index in [9.17, 15) is 14.0 Å². The molecule has 0 aliphatic rings. The zero-order valence-corrected chi connectivity index (χ0v) is 16.0. The first kappa shape index (κ1) is 19.5. The molecule has 2 aromatic carbocycles. The fourth-order valence-corrected chi connectivity index (χ4v) is 3.04. The van der Waals surface area contributed by atoms with E-state index in [1.165, 1.54) is 19.1 Å². The van der Waals surface area contributed by atoms with Crippen LogP contribution in [0.1, 0.15) is 34.1 Å². The number of nitrogens with zero attached hydrogens (tertiary/aromatic N) is 1. The number of esters is 1. The van der Waals surface area contributed by atoms with Crippen LogP contribution < -0.4 is 5.32 Å². The van der Waals surface area contributed by atoms with Gasteiger partial charge in [0, 0.05) is 11.9 Å². The van der Waals surface area contributed by atoms with Gasteiger partial charge in [-0.15, -0.1) is 0 Å². The van der Waals surface area contributed by atoms with Crippen molar-refractivity contribution in [1.82, 2.24) is 10.3 Å². The number of para-hydroxylation sites is 1. The summed E-state index contributed by atoms with van der Waals surface area (Å²) >= 11 is 0. The molecule has 0 radical (unpaired) electrons. The maximum Gasteiger partial charge on any atom is 0.341 e. The SMILES string of the molecule is Cc1nc2ccccc2c(C)c1C(=O)OC(C)C(=O)NCc1ccc(F)cc1. The molecule has 1 heterocycles. The molecule has 144 valence electrons. The van der Waals surface area contributed by atoms with Crippen molar-refractivity contribution in [1.29, 1.82) is 0 Å². The highest BCUT2D eigenvalue weighted by Gasteiger charge is 2.23. The Balaban J connectivity index is 1.69. The van der Waals surface area contributed by atoms with Crippen molar-refractivity contribution in [2.24, 2.45) is 0 Å². The van der Waals surface area contributed by atoms with Crippen LogP contribution in [0, 0.1) is 19.7 Å². The number of hydrogen-bond acceptors (Lipinski definition) is 4. The molecule has 3 rings (SSSR count). The Morgan fingerprint density at radius 3 is 2.50 bits per heavy atom. The van der Waals surface area contributed by atoms with Gasteiger partial charge in [0.1, 0.15) is 5.82 Å². The van der Waals surface area contributed by atoms with E-state index in [2.05, 4.69) is 10.3 Å².